The fraction of sp³-hybridized carbons (Fsp3) is 0.414. The molecule has 0 bridgehead atoms. The van der Waals surface area contributed by atoms with Crippen LogP contribution in [0.25, 0.3) is 0 Å². The molecule has 2 aromatic rings. The number of nitrogens with zero attached hydrogens (tertiary/aromatic N) is 1. The molecule has 0 N–H and O–H groups in total. The van der Waals surface area contributed by atoms with E-state index in [-0.39, 0.29) is 24.2 Å². The molecule has 1 aliphatic heterocycles. The maximum atomic E-state index is 14.3. The molecule has 1 aliphatic carbocycles. The summed E-state index contributed by atoms with van der Waals surface area (Å²) in [6, 6.07) is 11.8. The van der Waals surface area contributed by atoms with Crippen molar-refractivity contribution in [3.63, 3.8) is 0 Å². The van der Waals surface area contributed by atoms with E-state index >= 15 is 0 Å². The Bertz CT molecular complexity index is 1230. The second kappa shape index (κ2) is 10.6. The Kier molecular flexibility index (Phi) is 7.57. The van der Waals surface area contributed by atoms with Gasteiger partial charge in [0, 0.05) is 29.3 Å². The summed E-state index contributed by atoms with van der Waals surface area (Å²) in [5.41, 5.74) is 3.21. The van der Waals surface area contributed by atoms with Crippen molar-refractivity contribution >= 4 is 17.5 Å². The van der Waals surface area contributed by atoms with Gasteiger partial charge in [-0.25, -0.2) is 4.39 Å². The molecule has 0 spiro atoms. The minimum atomic E-state index is -0.791. The van der Waals surface area contributed by atoms with E-state index < -0.39 is 23.6 Å². The van der Waals surface area contributed by atoms with Crippen molar-refractivity contribution < 1.29 is 28.2 Å². The standard InChI is InChI=1S/C29H32FNO5/c1-6-16(2)36-29(33)26-17(3)31-22-13-20(18-10-11-24(34-4)25(15-18)35-5)14-23(32)28(22)27(26)19-8-7-9-21(30)12-19/h7-12,15-16,20,26-27H,6,13-14H2,1-5H3/t16-,20-,26?,27-/m1/s1. The van der Waals surface area contributed by atoms with Gasteiger partial charge in [-0.3, -0.25) is 14.6 Å². The lowest BCUT2D eigenvalue weighted by atomic mass is 9.69. The highest BCUT2D eigenvalue weighted by atomic mass is 19.1. The monoisotopic (exact) mass is 493 g/mol. The number of hydrogen-bond acceptors (Lipinski definition) is 6. The van der Waals surface area contributed by atoms with Crippen molar-refractivity contribution in [3.8, 4) is 11.5 Å². The Morgan fingerprint density at radius 2 is 1.83 bits per heavy atom. The number of allylic oxidation sites excluding steroid dienone is 2. The number of aliphatic imine (C=N–C) groups is 1. The van der Waals surface area contributed by atoms with Crippen LogP contribution in [0.1, 0.15) is 63.0 Å². The van der Waals surface area contributed by atoms with Crippen LogP contribution in [-0.4, -0.2) is 37.8 Å². The van der Waals surface area contributed by atoms with Crippen LogP contribution in [0, 0.1) is 11.7 Å². The SMILES string of the molecule is CC[C@@H](C)OC(=O)C1C(C)=NC2=C(C(=O)C[C@H](c3ccc(OC)c(OC)c3)C2)[C@@H]1c1cccc(F)c1. The van der Waals surface area contributed by atoms with Gasteiger partial charge in [0.25, 0.3) is 0 Å². The smallest absolute Gasteiger partial charge is 0.315 e. The number of benzene rings is 2. The van der Waals surface area contributed by atoms with Gasteiger partial charge in [-0.05, 0) is 68.0 Å². The van der Waals surface area contributed by atoms with E-state index in [1.54, 1.807) is 33.3 Å². The minimum absolute atomic E-state index is 0.0945. The van der Waals surface area contributed by atoms with Gasteiger partial charge in [0.2, 0.25) is 0 Å². The van der Waals surface area contributed by atoms with Gasteiger partial charge < -0.3 is 14.2 Å². The summed E-state index contributed by atoms with van der Waals surface area (Å²) in [4.78, 5) is 31.7. The molecule has 0 fully saturated rings. The van der Waals surface area contributed by atoms with E-state index in [1.165, 1.54) is 12.1 Å². The summed E-state index contributed by atoms with van der Waals surface area (Å²) >= 11 is 0. The Hall–Kier alpha value is -3.48. The van der Waals surface area contributed by atoms with E-state index in [0.29, 0.717) is 46.9 Å². The van der Waals surface area contributed by atoms with E-state index in [9.17, 15) is 14.0 Å². The van der Waals surface area contributed by atoms with Crippen molar-refractivity contribution in [2.45, 2.75) is 58.0 Å². The average molecular weight is 494 g/mol. The fourth-order valence-electron chi connectivity index (χ4n) is 5.12. The first-order valence-electron chi connectivity index (χ1n) is 12.3. The third kappa shape index (κ3) is 4.92. The molecule has 2 aliphatic rings. The Labute approximate surface area is 211 Å². The number of halogens is 1. The van der Waals surface area contributed by atoms with Crippen LogP contribution in [-0.2, 0) is 14.3 Å². The number of ether oxygens (including phenoxy) is 3. The lowest BCUT2D eigenvalue weighted by Crippen LogP contribution is -2.39. The molecule has 0 saturated carbocycles. The third-order valence-electron chi connectivity index (χ3n) is 7.12. The predicted octanol–water partition coefficient (Wildman–Crippen LogP) is 5.76. The zero-order valence-corrected chi connectivity index (χ0v) is 21.3. The number of carbonyl (C=O) groups excluding carboxylic acids is 2. The van der Waals surface area contributed by atoms with Crippen molar-refractivity contribution in [2.24, 2.45) is 10.9 Å². The van der Waals surface area contributed by atoms with Crippen molar-refractivity contribution in [2.75, 3.05) is 14.2 Å². The largest absolute Gasteiger partial charge is 0.493 e. The maximum absolute atomic E-state index is 14.3. The van der Waals surface area contributed by atoms with Gasteiger partial charge in [-0.1, -0.05) is 25.1 Å². The van der Waals surface area contributed by atoms with Crippen LogP contribution in [0.4, 0.5) is 4.39 Å². The molecular weight excluding hydrogens is 461 g/mol. The van der Waals surface area contributed by atoms with Crippen molar-refractivity contribution in [1.29, 1.82) is 0 Å². The summed E-state index contributed by atoms with van der Waals surface area (Å²) < 4.78 is 30.7. The van der Waals surface area contributed by atoms with Crippen LogP contribution in [0.15, 0.2) is 58.7 Å². The van der Waals surface area contributed by atoms with Crippen molar-refractivity contribution in [1.82, 2.24) is 0 Å². The highest BCUT2D eigenvalue weighted by Gasteiger charge is 2.45. The molecule has 36 heavy (non-hydrogen) atoms. The molecule has 7 heteroatoms. The van der Waals surface area contributed by atoms with Gasteiger partial charge >= 0.3 is 5.97 Å². The summed E-state index contributed by atoms with van der Waals surface area (Å²) in [7, 11) is 3.15. The number of carbonyl (C=O) groups is 2. The maximum Gasteiger partial charge on any atom is 0.315 e. The molecule has 1 heterocycles. The number of rotatable bonds is 7. The normalized spacial score (nSPS) is 22.4. The first kappa shape index (κ1) is 25.6. The summed E-state index contributed by atoms with van der Waals surface area (Å²) in [5.74, 6) is -1.30. The molecule has 0 saturated heterocycles. The van der Waals surface area contributed by atoms with Gasteiger partial charge in [0.1, 0.15) is 11.7 Å². The quantitative estimate of drug-likeness (QED) is 0.459. The van der Waals surface area contributed by atoms with E-state index in [0.717, 1.165) is 5.56 Å². The van der Waals surface area contributed by atoms with Gasteiger partial charge in [0.05, 0.1) is 20.3 Å². The topological polar surface area (TPSA) is 74.2 Å². The second-order valence-corrected chi connectivity index (χ2v) is 9.42. The Balaban J connectivity index is 1.77. The highest BCUT2D eigenvalue weighted by molar-refractivity contribution is 6.09. The highest BCUT2D eigenvalue weighted by Crippen LogP contribution is 2.47. The zero-order chi connectivity index (χ0) is 26.0. The molecule has 4 rings (SSSR count). The molecule has 0 aromatic heterocycles. The average Bonchev–Trinajstić information content (AvgIpc) is 2.86. The van der Waals surface area contributed by atoms with Crippen LogP contribution >= 0.6 is 0 Å². The summed E-state index contributed by atoms with van der Waals surface area (Å²) in [5, 5.41) is 0. The number of esters is 1. The third-order valence-corrected chi connectivity index (χ3v) is 7.12. The minimum Gasteiger partial charge on any atom is -0.493 e. The number of hydrogen-bond donors (Lipinski definition) is 0. The molecule has 190 valence electrons. The zero-order valence-electron chi connectivity index (χ0n) is 21.3. The lowest BCUT2D eigenvalue weighted by molar-refractivity contribution is -0.151. The van der Waals surface area contributed by atoms with Gasteiger partial charge in [-0.15, -0.1) is 0 Å². The van der Waals surface area contributed by atoms with Crippen LogP contribution in [0.2, 0.25) is 0 Å². The molecule has 0 amide bonds. The molecule has 0 radical (unpaired) electrons. The predicted molar refractivity (Wildman–Crippen MR) is 135 cm³/mol. The van der Waals surface area contributed by atoms with Crippen LogP contribution < -0.4 is 9.47 Å². The fourth-order valence-corrected chi connectivity index (χ4v) is 5.12. The van der Waals surface area contributed by atoms with E-state index in [4.69, 9.17) is 19.2 Å². The molecular formula is C29H32FNO5. The second-order valence-electron chi connectivity index (χ2n) is 9.42. The lowest BCUT2D eigenvalue weighted by Gasteiger charge is -2.37. The van der Waals surface area contributed by atoms with Crippen molar-refractivity contribution in [3.05, 3.63) is 70.7 Å². The molecule has 1 unspecified atom stereocenters. The Morgan fingerprint density at radius 1 is 1.08 bits per heavy atom. The number of ketones is 1. The van der Waals surface area contributed by atoms with Crippen LogP contribution in [0.3, 0.4) is 0 Å². The molecule has 6 nitrogen and oxygen atoms in total. The van der Waals surface area contributed by atoms with Gasteiger partial charge in [0.15, 0.2) is 17.3 Å². The van der Waals surface area contributed by atoms with E-state index in [1.807, 2.05) is 32.0 Å². The van der Waals surface area contributed by atoms with Gasteiger partial charge in [-0.2, -0.15) is 0 Å². The first-order valence-corrected chi connectivity index (χ1v) is 12.3. The molecule has 2 aromatic carbocycles. The number of methoxy groups -OCH3 is 2. The molecule has 4 atom stereocenters. The summed E-state index contributed by atoms with van der Waals surface area (Å²) in [6.45, 7) is 5.54. The van der Waals surface area contributed by atoms with E-state index in [2.05, 4.69) is 0 Å². The Morgan fingerprint density at radius 3 is 2.50 bits per heavy atom. The number of Topliss-reactive ketones (excluding diaryl/α,β-unsaturated/α-hetero) is 1. The van der Waals surface area contributed by atoms with Crippen LogP contribution in [0.5, 0.6) is 11.5 Å². The first-order chi connectivity index (χ1) is 17.3. The summed E-state index contributed by atoms with van der Waals surface area (Å²) in [6.07, 6.45) is 1.17.